The Kier molecular flexibility index (Phi) is 2.33. The molecule has 0 saturated carbocycles. The number of nitrogens with zero attached hydrogens (tertiary/aromatic N) is 4. The van der Waals surface area contributed by atoms with E-state index in [1.165, 1.54) is 6.20 Å². The molecule has 74 valence electrons. The number of nitriles is 1. The highest BCUT2D eigenvalue weighted by Gasteiger charge is 2.11. The summed E-state index contributed by atoms with van der Waals surface area (Å²) in [6, 6.07) is 2.02. The van der Waals surface area contributed by atoms with Gasteiger partial charge in [-0.25, -0.2) is 9.67 Å². The Morgan fingerprint density at radius 2 is 2.53 bits per heavy atom. The van der Waals surface area contributed by atoms with Crippen molar-refractivity contribution in [2.45, 2.75) is 0 Å². The molecule has 0 amide bonds. The van der Waals surface area contributed by atoms with Crippen LogP contribution in [0.25, 0.3) is 5.70 Å². The molecule has 2 heterocycles. The molecule has 0 fully saturated rings. The Balaban J connectivity index is 2.49. The molecule has 5 nitrogen and oxygen atoms in total. The Morgan fingerprint density at radius 1 is 1.67 bits per heavy atom. The minimum absolute atomic E-state index is 0.421. The van der Waals surface area contributed by atoms with Crippen molar-refractivity contribution in [3.63, 3.8) is 0 Å². The summed E-state index contributed by atoms with van der Waals surface area (Å²) in [5.74, 6) is 0.470. The lowest BCUT2D eigenvalue weighted by atomic mass is 10.3. The molecule has 0 unspecified atom stereocenters. The standard InChI is InChI=1S/C10H9N5/c1-12-10-8(5-11)6-14-15(10)9-3-2-4-13-7-9/h2-3,6-7,13H,1,4H2. The zero-order valence-electron chi connectivity index (χ0n) is 8.01. The Morgan fingerprint density at radius 3 is 3.13 bits per heavy atom. The zero-order valence-corrected chi connectivity index (χ0v) is 8.01. The minimum atomic E-state index is 0.421. The van der Waals surface area contributed by atoms with Crippen molar-refractivity contribution in [1.29, 1.82) is 5.26 Å². The average molecular weight is 199 g/mol. The summed E-state index contributed by atoms with van der Waals surface area (Å²) in [5, 5.41) is 16.0. The minimum Gasteiger partial charge on any atom is -0.386 e. The van der Waals surface area contributed by atoms with Crippen LogP contribution < -0.4 is 5.32 Å². The lowest BCUT2D eigenvalue weighted by molar-refractivity contribution is 0.875. The van der Waals surface area contributed by atoms with Gasteiger partial charge in [0.15, 0.2) is 5.82 Å². The first-order chi connectivity index (χ1) is 7.36. The van der Waals surface area contributed by atoms with Crippen LogP contribution in [0.15, 0.2) is 29.5 Å². The number of dihydropyridines is 1. The summed E-state index contributed by atoms with van der Waals surface area (Å²) in [6.45, 7) is 4.23. The van der Waals surface area contributed by atoms with Crippen LogP contribution >= 0.6 is 0 Å². The van der Waals surface area contributed by atoms with Crippen LogP contribution in [0.1, 0.15) is 5.56 Å². The van der Waals surface area contributed by atoms with Crippen molar-refractivity contribution >= 4 is 18.2 Å². The smallest absolute Gasteiger partial charge is 0.173 e. The number of allylic oxidation sites excluding steroid dienone is 2. The fraction of sp³-hybridized carbons (Fsp3) is 0.100. The fourth-order valence-electron chi connectivity index (χ4n) is 1.35. The van der Waals surface area contributed by atoms with Gasteiger partial charge in [-0.1, -0.05) is 6.08 Å². The summed E-state index contributed by atoms with van der Waals surface area (Å²) in [4.78, 5) is 3.80. The van der Waals surface area contributed by atoms with Crippen molar-refractivity contribution in [2.75, 3.05) is 6.54 Å². The van der Waals surface area contributed by atoms with Gasteiger partial charge in [0.1, 0.15) is 11.6 Å². The van der Waals surface area contributed by atoms with Crippen molar-refractivity contribution in [2.24, 2.45) is 4.99 Å². The maximum atomic E-state index is 8.82. The molecule has 0 spiro atoms. The quantitative estimate of drug-likeness (QED) is 0.724. The molecule has 0 saturated heterocycles. The van der Waals surface area contributed by atoms with Crippen molar-refractivity contribution in [3.8, 4) is 6.07 Å². The van der Waals surface area contributed by atoms with Crippen LogP contribution in [0.4, 0.5) is 5.82 Å². The second-order valence-electron chi connectivity index (χ2n) is 2.94. The maximum absolute atomic E-state index is 8.82. The van der Waals surface area contributed by atoms with Gasteiger partial charge < -0.3 is 5.32 Å². The summed E-state index contributed by atoms with van der Waals surface area (Å²) in [7, 11) is 0. The number of aliphatic imine (C=N–C) groups is 1. The summed E-state index contributed by atoms with van der Waals surface area (Å²) < 4.78 is 1.58. The highest BCUT2D eigenvalue weighted by molar-refractivity contribution is 5.65. The molecule has 1 aromatic heterocycles. The van der Waals surface area contributed by atoms with E-state index >= 15 is 0 Å². The van der Waals surface area contributed by atoms with Crippen molar-refractivity contribution in [3.05, 3.63) is 30.1 Å². The van der Waals surface area contributed by atoms with Crippen LogP contribution in [0.5, 0.6) is 0 Å². The SMILES string of the molecule is C=Nc1c(C#N)cnn1C1=CNCC=C1. The predicted molar refractivity (Wildman–Crippen MR) is 57.6 cm³/mol. The van der Waals surface area contributed by atoms with Crippen molar-refractivity contribution in [1.82, 2.24) is 15.1 Å². The van der Waals surface area contributed by atoms with E-state index in [0.717, 1.165) is 12.2 Å². The Hall–Kier alpha value is -2.35. The molecule has 0 aliphatic carbocycles. The molecular formula is C10H9N5. The van der Waals surface area contributed by atoms with E-state index < -0.39 is 0 Å². The van der Waals surface area contributed by atoms with Gasteiger partial charge >= 0.3 is 0 Å². The number of hydrogen-bond acceptors (Lipinski definition) is 4. The van der Waals surface area contributed by atoms with Crippen LogP contribution in [0.3, 0.4) is 0 Å². The molecule has 0 radical (unpaired) electrons. The molecular weight excluding hydrogens is 190 g/mol. The first-order valence-corrected chi connectivity index (χ1v) is 4.42. The number of nitrogens with one attached hydrogen (secondary N) is 1. The van der Waals surface area contributed by atoms with E-state index in [4.69, 9.17) is 5.26 Å². The monoisotopic (exact) mass is 199 g/mol. The van der Waals surface area contributed by atoms with E-state index in [1.807, 2.05) is 24.4 Å². The van der Waals surface area contributed by atoms with Gasteiger partial charge in [0.25, 0.3) is 0 Å². The Labute approximate surface area is 87.0 Å². The largest absolute Gasteiger partial charge is 0.386 e. The van der Waals surface area contributed by atoms with Gasteiger partial charge in [-0.3, -0.25) is 0 Å². The first kappa shape index (κ1) is 9.21. The topological polar surface area (TPSA) is 66.0 Å². The summed E-state index contributed by atoms with van der Waals surface area (Å²) >= 11 is 0. The molecule has 5 heteroatoms. The van der Waals surface area contributed by atoms with Gasteiger partial charge in [-0.15, -0.1) is 0 Å². The lowest BCUT2D eigenvalue weighted by Crippen LogP contribution is -2.12. The van der Waals surface area contributed by atoms with E-state index in [2.05, 4.69) is 22.1 Å². The van der Waals surface area contributed by atoms with Gasteiger partial charge in [-0.05, 0) is 12.8 Å². The van der Waals surface area contributed by atoms with E-state index in [1.54, 1.807) is 4.68 Å². The number of rotatable bonds is 2. The normalized spacial score (nSPS) is 13.9. The number of hydrogen-bond donors (Lipinski definition) is 1. The van der Waals surface area contributed by atoms with E-state index in [-0.39, 0.29) is 0 Å². The average Bonchev–Trinajstić information content (AvgIpc) is 2.72. The third-order valence-electron chi connectivity index (χ3n) is 2.03. The van der Waals surface area contributed by atoms with Gasteiger partial charge in [0.2, 0.25) is 0 Å². The third-order valence-corrected chi connectivity index (χ3v) is 2.03. The summed E-state index contributed by atoms with van der Waals surface area (Å²) in [5.41, 5.74) is 1.26. The first-order valence-electron chi connectivity index (χ1n) is 4.42. The molecule has 1 N–H and O–H groups in total. The number of aromatic nitrogens is 2. The maximum Gasteiger partial charge on any atom is 0.173 e. The molecule has 0 aromatic carbocycles. The van der Waals surface area contributed by atoms with Gasteiger partial charge in [0, 0.05) is 12.7 Å². The van der Waals surface area contributed by atoms with Crippen molar-refractivity contribution < 1.29 is 0 Å². The molecule has 1 aliphatic heterocycles. The predicted octanol–water partition coefficient (Wildman–Crippen LogP) is 1.04. The second-order valence-corrected chi connectivity index (χ2v) is 2.94. The molecule has 2 rings (SSSR count). The van der Waals surface area contributed by atoms with E-state index in [9.17, 15) is 0 Å². The van der Waals surface area contributed by atoms with E-state index in [0.29, 0.717) is 11.4 Å². The highest BCUT2D eigenvalue weighted by Crippen LogP contribution is 2.22. The highest BCUT2D eigenvalue weighted by atomic mass is 15.3. The van der Waals surface area contributed by atoms with Crippen LogP contribution in [-0.4, -0.2) is 23.0 Å². The molecule has 1 aliphatic rings. The molecule has 0 bridgehead atoms. The lowest BCUT2D eigenvalue weighted by Gasteiger charge is -2.09. The molecule has 1 aromatic rings. The molecule has 0 atom stereocenters. The van der Waals surface area contributed by atoms with Crippen LogP contribution in [0.2, 0.25) is 0 Å². The van der Waals surface area contributed by atoms with Crippen LogP contribution in [0, 0.1) is 11.3 Å². The van der Waals surface area contributed by atoms with Crippen LogP contribution in [-0.2, 0) is 0 Å². The zero-order chi connectivity index (χ0) is 10.7. The van der Waals surface area contributed by atoms with Gasteiger partial charge in [-0.2, -0.15) is 10.4 Å². The second kappa shape index (κ2) is 3.80. The van der Waals surface area contributed by atoms with Gasteiger partial charge in [0.05, 0.1) is 11.9 Å². The third kappa shape index (κ3) is 1.53. The Bertz CT molecular complexity index is 486. The fourth-order valence-corrected chi connectivity index (χ4v) is 1.35. The summed E-state index contributed by atoms with van der Waals surface area (Å²) in [6.07, 6.45) is 7.19. The molecule has 15 heavy (non-hydrogen) atoms.